The topological polar surface area (TPSA) is 85.8 Å². The zero-order chi connectivity index (χ0) is 20.6. The molecule has 0 saturated carbocycles. The van der Waals surface area contributed by atoms with Crippen LogP contribution in [0.5, 0.6) is 0 Å². The van der Waals surface area contributed by atoms with Crippen LogP contribution in [0.15, 0.2) is 24.3 Å². The maximum absolute atomic E-state index is 11.8. The van der Waals surface area contributed by atoms with Crippen LogP contribution < -0.4 is 11.1 Å². The molecule has 0 saturated heterocycles. The molecule has 29 heavy (non-hydrogen) atoms. The average molecular weight is 396 g/mol. The first-order valence-electron chi connectivity index (χ1n) is 11.0. The number of carbonyl (C=O) groups is 1. The number of pyridine rings is 1. The van der Waals surface area contributed by atoms with E-state index >= 15 is 0 Å². The monoisotopic (exact) mass is 395 g/mol. The van der Waals surface area contributed by atoms with Gasteiger partial charge in [0.1, 0.15) is 11.3 Å². The number of imidazole rings is 1. The van der Waals surface area contributed by atoms with Gasteiger partial charge < -0.3 is 15.6 Å². The van der Waals surface area contributed by atoms with Gasteiger partial charge >= 0.3 is 0 Å². The van der Waals surface area contributed by atoms with E-state index in [1.165, 1.54) is 0 Å². The Morgan fingerprint density at radius 1 is 1.07 bits per heavy atom. The van der Waals surface area contributed by atoms with E-state index in [0.717, 1.165) is 85.8 Å². The minimum atomic E-state index is 0.161. The van der Waals surface area contributed by atoms with Crippen LogP contribution in [-0.4, -0.2) is 27.0 Å². The molecule has 3 aromatic rings. The summed E-state index contributed by atoms with van der Waals surface area (Å²) in [5, 5.41) is 4.13. The third kappa shape index (κ3) is 5.05. The minimum Gasteiger partial charge on any atom is -0.382 e. The summed E-state index contributed by atoms with van der Waals surface area (Å²) in [6.45, 7) is 5.89. The third-order valence-electron chi connectivity index (χ3n) is 5.33. The van der Waals surface area contributed by atoms with E-state index in [-0.39, 0.29) is 5.91 Å². The number of fused-ring (bicyclic) bond motifs is 3. The molecule has 0 aliphatic carbocycles. The first-order valence-corrected chi connectivity index (χ1v) is 11.0. The SMILES string of the molecule is CCCCC(=O)NCCCCn1c(CCCC)nc2c(N)nc3ccccc3c21. The van der Waals surface area contributed by atoms with Gasteiger partial charge in [0.25, 0.3) is 0 Å². The van der Waals surface area contributed by atoms with Crippen molar-refractivity contribution < 1.29 is 4.79 Å². The van der Waals surface area contributed by atoms with E-state index in [2.05, 4.69) is 34.8 Å². The van der Waals surface area contributed by atoms with Gasteiger partial charge in [-0.1, -0.05) is 44.9 Å². The fourth-order valence-electron chi connectivity index (χ4n) is 3.72. The Kier molecular flexibility index (Phi) is 7.44. The number of aryl methyl sites for hydroxylation is 2. The van der Waals surface area contributed by atoms with Crippen molar-refractivity contribution in [2.75, 3.05) is 12.3 Å². The molecule has 2 heterocycles. The van der Waals surface area contributed by atoms with E-state index in [0.29, 0.717) is 12.2 Å². The van der Waals surface area contributed by atoms with Crippen LogP contribution in [0.2, 0.25) is 0 Å². The predicted octanol–water partition coefficient (Wildman–Crippen LogP) is 4.60. The second-order valence-electron chi connectivity index (χ2n) is 7.66. The molecule has 0 aliphatic rings. The van der Waals surface area contributed by atoms with Crippen LogP contribution in [0.25, 0.3) is 21.9 Å². The second-order valence-corrected chi connectivity index (χ2v) is 7.66. The van der Waals surface area contributed by atoms with E-state index < -0.39 is 0 Å². The maximum Gasteiger partial charge on any atom is 0.219 e. The van der Waals surface area contributed by atoms with E-state index in [9.17, 15) is 4.79 Å². The molecule has 3 N–H and O–H groups in total. The number of nitrogens with zero attached hydrogens (tertiary/aromatic N) is 3. The maximum atomic E-state index is 11.8. The number of hydrogen-bond donors (Lipinski definition) is 2. The molecule has 6 heteroatoms. The molecule has 0 unspecified atom stereocenters. The second kappa shape index (κ2) is 10.2. The number of aromatic nitrogens is 3. The van der Waals surface area contributed by atoms with Gasteiger partial charge in [0.2, 0.25) is 5.91 Å². The number of unbranched alkanes of at least 4 members (excludes halogenated alkanes) is 3. The van der Waals surface area contributed by atoms with Gasteiger partial charge in [-0.2, -0.15) is 0 Å². The first-order chi connectivity index (χ1) is 14.2. The van der Waals surface area contributed by atoms with Crippen LogP contribution >= 0.6 is 0 Å². The van der Waals surface area contributed by atoms with E-state index in [1.807, 2.05) is 18.2 Å². The molecule has 3 rings (SSSR count). The summed E-state index contributed by atoms with van der Waals surface area (Å²) in [6.07, 6.45) is 7.72. The summed E-state index contributed by atoms with van der Waals surface area (Å²) < 4.78 is 2.32. The van der Waals surface area contributed by atoms with Crippen molar-refractivity contribution in [1.82, 2.24) is 19.9 Å². The van der Waals surface area contributed by atoms with Crippen LogP contribution in [0.4, 0.5) is 5.82 Å². The number of hydrogen-bond acceptors (Lipinski definition) is 4. The molecule has 2 aromatic heterocycles. The lowest BCUT2D eigenvalue weighted by Crippen LogP contribution is -2.24. The molecule has 156 valence electrons. The summed E-state index contributed by atoms with van der Waals surface area (Å²) in [5.74, 6) is 1.74. The third-order valence-corrected chi connectivity index (χ3v) is 5.33. The number of nitrogens with one attached hydrogen (secondary N) is 1. The lowest BCUT2D eigenvalue weighted by atomic mass is 10.1. The number of para-hydroxylation sites is 1. The number of benzene rings is 1. The van der Waals surface area contributed by atoms with Crippen molar-refractivity contribution in [2.45, 2.75) is 71.8 Å². The molecule has 0 bridgehead atoms. The van der Waals surface area contributed by atoms with Crippen molar-refractivity contribution in [3.05, 3.63) is 30.1 Å². The van der Waals surface area contributed by atoms with Crippen LogP contribution in [0, 0.1) is 0 Å². The van der Waals surface area contributed by atoms with Crippen molar-refractivity contribution in [3.8, 4) is 0 Å². The standard InChI is InChI=1S/C23H33N5O/c1-3-5-13-19-27-21-22(17-11-7-8-12-18(17)26-23(21)24)28(19)16-10-9-15-25-20(29)14-6-4-2/h7-8,11-12H,3-6,9-10,13-16H2,1-2H3,(H2,24,26)(H,25,29). The molecular formula is C23H33N5O. The fourth-order valence-corrected chi connectivity index (χ4v) is 3.72. The average Bonchev–Trinajstić information content (AvgIpc) is 3.10. The number of amides is 1. The zero-order valence-electron chi connectivity index (χ0n) is 17.7. The normalized spacial score (nSPS) is 11.4. The Balaban J connectivity index is 1.78. The van der Waals surface area contributed by atoms with E-state index in [1.54, 1.807) is 0 Å². The highest BCUT2D eigenvalue weighted by Crippen LogP contribution is 2.29. The molecule has 0 spiro atoms. The predicted molar refractivity (Wildman–Crippen MR) is 120 cm³/mol. The molecule has 0 radical (unpaired) electrons. The zero-order valence-corrected chi connectivity index (χ0v) is 17.7. The highest BCUT2D eigenvalue weighted by Gasteiger charge is 2.16. The molecule has 1 aromatic carbocycles. The Hall–Kier alpha value is -2.63. The van der Waals surface area contributed by atoms with Gasteiger partial charge in [0.05, 0.1) is 11.0 Å². The van der Waals surface area contributed by atoms with Gasteiger partial charge in [0.15, 0.2) is 5.82 Å². The number of rotatable bonds is 11. The number of nitrogens with two attached hydrogens (primary N) is 1. The Morgan fingerprint density at radius 3 is 2.66 bits per heavy atom. The smallest absolute Gasteiger partial charge is 0.219 e. The minimum absolute atomic E-state index is 0.161. The lowest BCUT2D eigenvalue weighted by Gasteiger charge is -2.11. The van der Waals surface area contributed by atoms with Crippen molar-refractivity contribution in [3.63, 3.8) is 0 Å². The fraction of sp³-hybridized carbons (Fsp3) is 0.522. The molecular weight excluding hydrogens is 362 g/mol. The summed E-state index contributed by atoms with van der Waals surface area (Å²) in [4.78, 5) is 21.2. The largest absolute Gasteiger partial charge is 0.382 e. The Morgan fingerprint density at radius 2 is 1.86 bits per heavy atom. The molecule has 0 aliphatic heterocycles. The summed E-state index contributed by atoms with van der Waals surface area (Å²) in [7, 11) is 0. The van der Waals surface area contributed by atoms with Gasteiger partial charge in [-0.3, -0.25) is 4.79 Å². The van der Waals surface area contributed by atoms with Gasteiger partial charge in [-0.15, -0.1) is 0 Å². The van der Waals surface area contributed by atoms with Crippen LogP contribution in [0.1, 0.15) is 64.6 Å². The molecule has 1 amide bonds. The van der Waals surface area contributed by atoms with E-state index in [4.69, 9.17) is 10.7 Å². The lowest BCUT2D eigenvalue weighted by molar-refractivity contribution is -0.121. The molecule has 6 nitrogen and oxygen atoms in total. The Bertz CT molecular complexity index is 963. The first kappa shape index (κ1) is 21.1. The highest BCUT2D eigenvalue weighted by molar-refractivity contribution is 6.06. The van der Waals surface area contributed by atoms with Crippen molar-refractivity contribution in [2.24, 2.45) is 0 Å². The van der Waals surface area contributed by atoms with Crippen molar-refractivity contribution in [1.29, 1.82) is 0 Å². The van der Waals surface area contributed by atoms with Crippen molar-refractivity contribution >= 4 is 33.7 Å². The summed E-state index contributed by atoms with van der Waals surface area (Å²) >= 11 is 0. The summed E-state index contributed by atoms with van der Waals surface area (Å²) in [5.41, 5.74) is 9.05. The van der Waals surface area contributed by atoms with Gasteiger partial charge in [-0.05, 0) is 31.7 Å². The highest BCUT2D eigenvalue weighted by atomic mass is 16.1. The number of nitrogen functional groups attached to an aromatic ring is 1. The molecule has 0 atom stereocenters. The Labute approximate surface area is 172 Å². The van der Waals surface area contributed by atoms with Crippen LogP contribution in [-0.2, 0) is 17.8 Å². The quantitative estimate of drug-likeness (QED) is 0.465. The number of anilines is 1. The number of carbonyl (C=O) groups excluding carboxylic acids is 1. The molecule has 0 fully saturated rings. The van der Waals surface area contributed by atoms with Crippen LogP contribution in [0.3, 0.4) is 0 Å². The summed E-state index contributed by atoms with van der Waals surface area (Å²) in [6, 6.07) is 8.12. The van der Waals surface area contributed by atoms with Gasteiger partial charge in [-0.25, -0.2) is 9.97 Å². The van der Waals surface area contributed by atoms with Gasteiger partial charge in [0, 0.05) is 31.3 Å².